The van der Waals surface area contributed by atoms with Crippen molar-refractivity contribution >= 4 is 17.5 Å². The summed E-state index contributed by atoms with van der Waals surface area (Å²) in [6, 6.07) is 11.4. The van der Waals surface area contributed by atoms with Crippen molar-refractivity contribution in [1.29, 1.82) is 0 Å². The molecule has 9 heteroatoms. The second kappa shape index (κ2) is 9.25. The van der Waals surface area contributed by atoms with Crippen LogP contribution in [0.4, 0.5) is 10.1 Å². The molecule has 0 saturated carbocycles. The Morgan fingerprint density at radius 1 is 1.09 bits per heavy atom. The molecule has 0 saturated heterocycles. The number of tetrazole rings is 1. The Kier molecular flexibility index (Phi) is 6.67. The van der Waals surface area contributed by atoms with E-state index in [1.165, 1.54) is 34.0 Å². The average molecular weight is 439 g/mol. The lowest BCUT2D eigenvalue weighted by Crippen LogP contribution is -2.48. The zero-order valence-corrected chi connectivity index (χ0v) is 18.9. The molecule has 1 aromatic heterocycles. The second-order valence-electron chi connectivity index (χ2n) is 8.72. The first-order valence-electron chi connectivity index (χ1n) is 10.2. The van der Waals surface area contributed by atoms with Crippen LogP contribution in [0.2, 0.25) is 0 Å². The first-order chi connectivity index (χ1) is 15.0. The normalized spacial score (nSPS) is 11.3. The van der Waals surface area contributed by atoms with E-state index in [2.05, 4.69) is 20.7 Å². The molecule has 3 rings (SSSR count). The number of benzene rings is 2. The molecular formula is C23H27FN6O2. The number of hydrogen-bond acceptors (Lipinski definition) is 5. The third-order valence-electron chi connectivity index (χ3n) is 4.60. The van der Waals surface area contributed by atoms with E-state index in [-0.39, 0.29) is 36.5 Å². The predicted octanol–water partition coefficient (Wildman–Crippen LogP) is 3.04. The van der Waals surface area contributed by atoms with Crippen LogP contribution >= 0.6 is 0 Å². The van der Waals surface area contributed by atoms with Crippen molar-refractivity contribution in [3.05, 3.63) is 59.4 Å². The molecule has 168 valence electrons. The second-order valence-corrected chi connectivity index (χ2v) is 8.72. The van der Waals surface area contributed by atoms with Gasteiger partial charge in [0.2, 0.25) is 11.7 Å². The number of hydrogen-bond donors (Lipinski definition) is 1. The van der Waals surface area contributed by atoms with Crippen LogP contribution in [0.5, 0.6) is 0 Å². The van der Waals surface area contributed by atoms with Crippen LogP contribution in [0.3, 0.4) is 0 Å². The highest BCUT2D eigenvalue weighted by Gasteiger charge is 2.24. The van der Waals surface area contributed by atoms with E-state index >= 15 is 0 Å². The molecule has 0 fully saturated rings. The number of rotatable bonds is 6. The molecule has 2 amide bonds. The number of aromatic nitrogens is 4. The Morgan fingerprint density at radius 3 is 2.44 bits per heavy atom. The quantitative estimate of drug-likeness (QED) is 0.639. The molecule has 3 aromatic rings. The molecule has 0 bridgehead atoms. The first kappa shape index (κ1) is 23.1. The lowest BCUT2D eigenvalue weighted by molar-refractivity contribution is -0.125. The fraction of sp³-hybridized carbons (Fsp3) is 0.348. The van der Waals surface area contributed by atoms with Crippen LogP contribution in [-0.4, -0.2) is 44.1 Å². The molecule has 8 nitrogen and oxygen atoms in total. The van der Waals surface area contributed by atoms with Gasteiger partial charge in [-0.2, -0.15) is 4.80 Å². The third kappa shape index (κ3) is 5.96. The van der Waals surface area contributed by atoms with E-state index in [9.17, 15) is 14.0 Å². The summed E-state index contributed by atoms with van der Waals surface area (Å²) in [5.41, 5.74) is 2.65. The largest absolute Gasteiger partial charge is 0.350 e. The molecule has 0 unspecified atom stereocenters. The minimum atomic E-state index is -0.426. The predicted molar refractivity (Wildman–Crippen MR) is 119 cm³/mol. The Balaban J connectivity index is 1.84. The van der Waals surface area contributed by atoms with Gasteiger partial charge in [-0.15, -0.1) is 10.2 Å². The first-order valence-corrected chi connectivity index (χ1v) is 10.2. The number of carbonyl (C=O) groups excluding carboxylic acids is 2. The molecule has 1 N–H and O–H groups in total. The maximum atomic E-state index is 13.2. The molecule has 32 heavy (non-hydrogen) atoms. The molecule has 2 aromatic carbocycles. The number of carbonyl (C=O) groups is 2. The van der Waals surface area contributed by atoms with E-state index in [0.29, 0.717) is 11.3 Å². The number of amides is 2. The van der Waals surface area contributed by atoms with Gasteiger partial charge < -0.3 is 10.2 Å². The number of anilines is 1. The fourth-order valence-corrected chi connectivity index (χ4v) is 3.15. The fourth-order valence-electron chi connectivity index (χ4n) is 3.15. The number of halogens is 1. The topological polar surface area (TPSA) is 93.0 Å². The van der Waals surface area contributed by atoms with Gasteiger partial charge >= 0.3 is 0 Å². The summed E-state index contributed by atoms with van der Waals surface area (Å²) in [5.74, 6) is -0.716. The third-order valence-corrected chi connectivity index (χ3v) is 4.60. The summed E-state index contributed by atoms with van der Waals surface area (Å²) < 4.78 is 13.2. The highest BCUT2D eigenvalue weighted by molar-refractivity contribution is 5.99. The number of nitrogens with one attached hydrogen (secondary N) is 1. The van der Waals surface area contributed by atoms with Crippen molar-refractivity contribution in [2.45, 2.75) is 46.7 Å². The van der Waals surface area contributed by atoms with Gasteiger partial charge in [0.1, 0.15) is 18.9 Å². The zero-order valence-electron chi connectivity index (χ0n) is 18.9. The molecule has 1 heterocycles. The molecule has 0 radical (unpaired) electrons. The summed E-state index contributed by atoms with van der Waals surface area (Å²) in [6.07, 6.45) is 0. The molecule has 0 spiro atoms. The Morgan fingerprint density at radius 2 is 1.78 bits per heavy atom. The zero-order chi connectivity index (χ0) is 23.5. The van der Waals surface area contributed by atoms with Gasteiger partial charge in [0, 0.05) is 16.8 Å². The summed E-state index contributed by atoms with van der Waals surface area (Å²) >= 11 is 0. The van der Waals surface area contributed by atoms with Gasteiger partial charge in [-0.05, 0) is 81.3 Å². The lowest BCUT2D eigenvalue weighted by atomic mass is 10.1. The van der Waals surface area contributed by atoms with Gasteiger partial charge in [0.25, 0.3) is 5.91 Å². The Hall–Kier alpha value is -3.62. The summed E-state index contributed by atoms with van der Waals surface area (Å²) in [7, 11) is 0. The molecule has 0 atom stereocenters. The summed E-state index contributed by atoms with van der Waals surface area (Å²) in [4.78, 5) is 28.5. The molecule has 0 aliphatic heterocycles. The monoisotopic (exact) mass is 438 g/mol. The lowest BCUT2D eigenvalue weighted by Gasteiger charge is -2.27. The number of nitrogens with zero attached hydrogens (tertiary/aromatic N) is 5. The van der Waals surface area contributed by atoms with Gasteiger partial charge in [-0.25, -0.2) is 4.39 Å². The Labute approximate surface area is 186 Å². The van der Waals surface area contributed by atoms with Crippen molar-refractivity contribution < 1.29 is 14.0 Å². The van der Waals surface area contributed by atoms with Crippen molar-refractivity contribution in [2.75, 3.05) is 11.4 Å². The average Bonchev–Trinajstić information content (AvgIpc) is 3.15. The van der Waals surface area contributed by atoms with E-state index < -0.39 is 5.54 Å². The van der Waals surface area contributed by atoms with Crippen LogP contribution in [0.1, 0.15) is 31.9 Å². The van der Waals surface area contributed by atoms with Crippen molar-refractivity contribution in [2.24, 2.45) is 0 Å². The minimum absolute atomic E-state index is 0.139. The highest BCUT2D eigenvalue weighted by Crippen LogP contribution is 2.22. The van der Waals surface area contributed by atoms with Crippen molar-refractivity contribution in [3.63, 3.8) is 0 Å². The van der Waals surface area contributed by atoms with E-state index in [4.69, 9.17) is 0 Å². The van der Waals surface area contributed by atoms with Crippen LogP contribution in [-0.2, 0) is 16.1 Å². The Bertz CT molecular complexity index is 1120. The van der Waals surface area contributed by atoms with E-state index in [1.54, 1.807) is 0 Å². The maximum absolute atomic E-state index is 13.2. The van der Waals surface area contributed by atoms with E-state index in [0.717, 1.165) is 11.1 Å². The maximum Gasteiger partial charge on any atom is 0.251 e. The summed E-state index contributed by atoms with van der Waals surface area (Å²) in [6.45, 7) is 9.11. The van der Waals surface area contributed by atoms with Crippen LogP contribution in [0, 0.1) is 19.7 Å². The van der Waals surface area contributed by atoms with Crippen LogP contribution in [0.15, 0.2) is 42.5 Å². The van der Waals surface area contributed by atoms with Gasteiger partial charge in [0.15, 0.2) is 0 Å². The van der Waals surface area contributed by atoms with Crippen LogP contribution < -0.4 is 10.2 Å². The van der Waals surface area contributed by atoms with Crippen LogP contribution in [0.25, 0.3) is 11.4 Å². The standard InChI is InChI=1S/C23H27FN6O2/c1-15-6-7-16(2)19(12-15)29(13-20(31)25-23(3,4)5)21(32)14-30-27-22(26-28-30)17-8-10-18(24)11-9-17/h6-12H,13-14H2,1-5H3,(H,25,31). The molecule has 0 aliphatic rings. The van der Waals surface area contributed by atoms with Gasteiger partial charge in [0.05, 0.1) is 0 Å². The SMILES string of the molecule is Cc1ccc(C)c(N(CC(=O)NC(C)(C)C)C(=O)Cn2nnc(-c3ccc(F)cc3)n2)c1. The summed E-state index contributed by atoms with van der Waals surface area (Å²) in [5, 5.41) is 15.0. The highest BCUT2D eigenvalue weighted by atomic mass is 19.1. The van der Waals surface area contributed by atoms with Crippen molar-refractivity contribution in [1.82, 2.24) is 25.5 Å². The number of aryl methyl sites for hydroxylation is 2. The molecular weight excluding hydrogens is 411 g/mol. The van der Waals surface area contributed by atoms with Gasteiger partial charge in [-0.3, -0.25) is 9.59 Å². The van der Waals surface area contributed by atoms with Gasteiger partial charge in [-0.1, -0.05) is 12.1 Å². The minimum Gasteiger partial charge on any atom is -0.350 e. The van der Waals surface area contributed by atoms with E-state index in [1.807, 2.05) is 52.8 Å². The smallest absolute Gasteiger partial charge is 0.251 e. The van der Waals surface area contributed by atoms with Crippen molar-refractivity contribution in [3.8, 4) is 11.4 Å². The molecule has 0 aliphatic carbocycles.